The molecule has 1 atom stereocenters. The van der Waals surface area contributed by atoms with Crippen LogP contribution in [0.2, 0.25) is 0 Å². The largest absolute Gasteiger partial charge is 0.497 e. The van der Waals surface area contributed by atoms with Crippen LogP contribution < -0.4 is 19.5 Å². The summed E-state index contributed by atoms with van der Waals surface area (Å²) in [6, 6.07) is 18.0. The second kappa shape index (κ2) is 16.4. The summed E-state index contributed by atoms with van der Waals surface area (Å²) in [6.45, 7) is 4.65. The first-order valence-corrected chi connectivity index (χ1v) is 16.7. The molecule has 1 saturated heterocycles. The van der Waals surface area contributed by atoms with Crippen molar-refractivity contribution < 1.29 is 28.5 Å². The van der Waals surface area contributed by atoms with Gasteiger partial charge in [0.05, 0.1) is 39.3 Å². The number of fused-ring (bicyclic) bond motifs is 12. The maximum Gasteiger partial charge on any atom is 0.257 e. The highest BCUT2D eigenvalue weighted by Gasteiger charge is 2.32. The van der Waals surface area contributed by atoms with Gasteiger partial charge in [-0.1, -0.05) is 29.5 Å². The first-order valence-electron chi connectivity index (χ1n) is 16.7. The van der Waals surface area contributed by atoms with E-state index in [1.165, 1.54) is 5.56 Å². The van der Waals surface area contributed by atoms with Gasteiger partial charge >= 0.3 is 0 Å². The number of nitrogens with zero attached hydrogens (tertiary/aromatic N) is 6. The minimum atomic E-state index is -0.883. The van der Waals surface area contributed by atoms with Crippen LogP contribution in [-0.4, -0.2) is 108 Å². The zero-order valence-electron chi connectivity index (χ0n) is 28.0. The van der Waals surface area contributed by atoms with E-state index in [0.29, 0.717) is 49.4 Å². The van der Waals surface area contributed by atoms with Gasteiger partial charge < -0.3 is 29.2 Å². The number of rotatable bonds is 7. The lowest BCUT2D eigenvalue weighted by molar-refractivity contribution is -0.134. The number of aromatic nitrogens is 4. The lowest BCUT2D eigenvalue weighted by Gasteiger charge is -2.36. The van der Waals surface area contributed by atoms with Crippen LogP contribution in [0, 0.1) is 5.92 Å². The molecule has 2 bridgehead atoms. The van der Waals surface area contributed by atoms with Crippen molar-refractivity contribution in [3.8, 4) is 23.1 Å². The lowest BCUT2D eigenvalue weighted by Crippen LogP contribution is -2.52. The van der Waals surface area contributed by atoms with Crippen molar-refractivity contribution >= 4 is 11.8 Å². The van der Waals surface area contributed by atoms with Crippen molar-refractivity contribution in [1.82, 2.24) is 35.1 Å². The summed E-state index contributed by atoms with van der Waals surface area (Å²) >= 11 is 0. The molecule has 0 radical (unpaired) electrons. The third-order valence-corrected chi connectivity index (χ3v) is 8.91. The second-order valence-electron chi connectivity index (χ2n) is 12.2. The maximum absolute atomic E-state index is 14.1. The first-order chi connectivity index (χ1) is 24.0. The van der Waals surface area contributed by atoms with E-state index < -0.39 is 11.9 Å². The quantitative estimate of drug-likeness (QED) is 0.293. The highest BCUT2D eigenvalue weighted by Crippen LogP contribution is 2.24. The molecule has 2 aromatic carbocycles. The summed E-state index contributed by atoms with van der Waals surface area (Å²) in [7, 11) is 3.27. The molecule has 0 unspecified atom stereocenters. The molecule has 2 aromatic heterocycles. The summed E-state index contributed by atoms with van der Waals surface area (Å²) in [6.07, 6.45) is 5.18. The van der Waals surface area contributed by atoms with Gasteiger partial charge in [0, 0.05) is 45.3 Å². The Bertz CT molecular complexity index is 1710. The molecule has 5 heterocycles. The first kappa shape index (κ1) is 33.9. The van der Waals surface area contributed by atoms with Gasteiger partial charge in [0.1, 0.15) is 35.4 Å². The maximum atomic E-state index is 14.1. The van der Waals surface area contributed by atoms with Crippen LogP contribution in [0.1, 0.15) is 34.5 Å². The fraction of sp³-hybridized carbons (Fsp3) is 0.417. The van der Waals surface area contributed by atoms with Gasteiger partial charge in [0.2, 0.25) is 11.8 Å². The molecule has 1 N–H and O–H groups in total. The summed E-state index contributed by atoms with van der Waals surface area (Å²) in [5.41, 5.74) is 2.67. The molecule has 2 amide bonds. The molecular formula is C36H43N7O6. The van der Waals surface area contributed by atoms with Gasteiger partial charge in [-0.25, -0.2) is 9.67 Å². The van der Waals surface area contributed by atoms with Gasteiger partial charge in [-0.15, -0.1) is 5.10 Å². The Kier molecular flexibility index (Phi) is 11.3. The van der Waals surface area contributed by atoms with Crippen LogP contribution in [0.25, 0.3) is 5.69 Å². The van der Waals surface area contributed by atoms with Crippen LogP contribution in [0.15, 0.2) is 73.1 Å². The third-order valence-electron chi connectivity index (χ3n) is 8.91. The Morgan fingerprint density at radius 3 is 2.63 bits per heavy atom. The highest BCUT2D eigenvalue weighted by atomic mass is 16.5. The number of benzene rings is 2. The third kappa shape index (κ3) is 8.72. The van der Waals surface area contributed by atoms with Crippen molar-refractivity contribution in [1.29, 1.82) is 0 Å². The fourth-order valence-corrected chi connectivity index (χ4v) is 6.33. The molecule has 13 nitrogen and oxygen atoms in total. The van der Waals surface area contributed by atoms with E-state index in [0.717, 1.165) is 38.2 Å². The summed E-state index contributed by atoms with van der Waals surface area (Å²) in [5.74, 6) is 1.44. The normalized spacial score (nSPS) is 19.7. The van der Waals surface area contributed by atoms with Gasteiger partial charge in [0.15, 0.2) is 0 Å². The predicted octanol–water partition coefficient (Wildman–Crippen LogP) is 3.17. The van der Waals surface area contributed by atoms with Gasteiger partial charge in [-0.3, -0.25) is 14.5 Å². The van der Waals surface area contributed by atoms with Crippen LogP contribution >= 0.6 is 0 Å². The van der Waals surface area contributed by atoms with Crippen molar-refractivity contribution in [2.75, 3.05) is 60.2 Å². The molecule has 49 heavy (non-hydrogen) atoms. The van der Waals surface area contributed by atoms with Gasteiger partial charge in [0.25, 0.3) is 5.91 Å². The number of hydrogen-bond acceptors (Lipinski definition) is 10. The monoisotopic (exact) mass is 669 g/mol. The lowest BCUT2D eigenvalue weighted by atomic mass is 9.95. The van der Waals surface area contributed by atoms with E-state index in [1.807, 2.05) is 41.3 Å². The number of pyridine rings is 1. The number of para-hydroxylation sites is 2. The van der Waals surface area contributed by atoms with Gasteiger partial charge in [-0.05, 0) is 60.7 Å². The number of piperidine rings is 1. The van der Waals surface area contributed by atoms with Crippen LogP contribution in [-0.2, 0) is 22.5 Å². The molecular weight excluding hydrogens is 626 g/mol. The molecule has 7 rings (SSSR count). The number of carbonyl (C=O) groups is 2. The standard InChI is InChI=1S/C36H43N7O6/c1-46-29-8-5-7-27(21-29)24-41-17-18-48-19-20-49-35-30(9-6-14-37-35)34(44)38-31(36(45)42-15-12-26(23-41)13-16-42)22-28-25-43(40-39-28)32-10-3-4-11-33(32)47-2/h3-11,14,21,25-26,31H,12-13,15-20,22-24H2,1-2H3,(H,38,44)/t31-/m1/s1. The van der Waals surface area contributed by atoms with Crippen LogP contribution in [0.3, 0.4) is 0 Å². The Balaban J connectivity index is 1.22. The molecule has 3 aliphatic rings. The Hall–Kier alpha value is -5.01. The summed E-state index contributed by atoms with van der Waals surface area (Å²) < 4.78 is 24.4. The zero-order chi connectivity index (χ0) is 34.0. The van der Waals surface area contributed by atoms with Crippen molar-refractivity contribution in [3.05, 3.63) is 89.9 Å². The van der Waals surface area contributed by atoms with Crippen LogP contribution in [0.4, 0.5) is 0 Å². The van der Waals surface area contributed by atoms with Crippen molar-refractivity contribution in [2.24, 2.45) is 5.92 Å². The van der Waals surface area contributed by atoms with E-state index in [9.17, 15) is 9.59 Å². The number of hydrogen-bond donors (Lipinski definition) is 1. The Morgan fingerprint density at radius 1 is 0.939 bits per heavy atom. The summed E-state index contributed by atoms with van der Waals surface area (Å²) in [5, 5.41) is 11.6. The van der Waals surface area contributed by atoms with E-state index in [1.54, 1.807) is 43.4 Å². The smallest absolute Gasteiger partial charge is 0.257 e. The Labute approximate surface area is 286 Å². The van der Waals surface area contributed by atoms with Crippen molar-refractivity contribution in [3.63, 3.8) is 0 Å². The predicted molar refractivity (Wildman–Crippen MR) is 181 cm³/mol. The van der Waals surface area contributed by atoms with E-state index in [4.69, 9.17) is 18.9 Å². The van der Waals surface area contributed by atoms with E-state index >= 15 is 0 Å². The minimum absolute atomic E-state index is 0.151. The van der Waals surface area contributed by atoms with Crippen molar-refractivity contribution in [2.45, 2.75) is 31.8 Å². The molecule has 4 aromatic rings. The molecule has 0 aliphatic carbocycles. The molecule has 258 valence electrons. The number of methoxy groups -OCH3 is 2. The average molecular weight is 670 g/mol. The number of amides is 2. The molecule has 3 aliphatic heterocycles. The minimum Gasteiger partial charge on any atom is -0.497 e. The summed E-state index contributed by atoms with van der Waals surface area (Å²) in [4.78, 5) is 36.4. The average Bonchev–Trinajstić information content (AvgIpc) is 3.61. The highest BCUT2D eigenvalue weighted by molar-refractivity contribution is 5.99. The number of nitrogens with one attached hydrogen (secondary N) is 1. The molecule has 0 saturated carbocycles. The number of carbonyl (C=O) groups excluding carboxylic acids is 2. The van der Waals surface area contributed by atoms with Gasteiger partial charge in [-0.2, -0.15) is 0 Å². The molecule has 13 heteroatoms. The molecule has 0 spiro atoms. The Morgan fingerprint density at radius 2 is 1.80 bits per heavy atom. The second-order valence-corrected chi connectivity index (χ2v) is 12.2. The molecule has 1 fully saturated rings. The SMILES string of the molecule is COc1cccc(CN2CCOCCOc3ncccc3C(=O)N[C@H](Cc3cn(-c4ccccc4OC)nn3)C(=O)N3CCC(CC3)C2)c1. The van der Waals surface area contributed by atoms with Crippen LogP contribution in [0.5, 0.6) is 17.4 Å². The van der Waals surface area contributed by atoms with E-state index in [-0.39, 0.29) is 30.4 Å². The zero-order valence-corrected chi connectivity index (χ0v) is 28.0. The fourth-order valence-electron chi connectivity index (χ4n) is 6.33. The number of ether oxygens (including phenoxy) is 4. The van der Waals surface area contributed by atoms with E-state index in [2.05, 4.69) is 37.6 Å². The topological polar surface area (TPSA) is 133 Å².